The molecular weight excluding hydrogens is 310 g/mol. The molecule has 0 aliphatic carbocycles. The Morgan fingerprint density at radius 2 is 2.00 bits per heavy atom. The molecule has 0 amide bonds. The summed E-state index contributed by atoms with van der Waals surface area (Å²) in [4.78, 5) is 4.58. The second kappa shape index (κ2) is 5.32. The number of benzene rings is 2. The number of halogens is 3. The van der Waals surface area contributed by atoms with E-state index in [1.807, 2.05) is 32.0 Å². The molecule has 2 aromatic carbocycles. The van der Waals surface area contributed by atoms with Gasteiger partial charge in [0.1, 0.15) is 11.6 Å². The number of rotatable bonds is 2. The molecule has 0 saturated carbocycles. The van der Waals surface area contributed by atoms with Crippen molar-refractivity contribution in [2.45, 2.75) is 19.2 Å². The highest BCUT2D eigenvalue weighted by atomic mass is 35.5. The third-order valence-corrected chi connectivity index (χ3v) is 3.85. The van der Waals surface area contributed by atoms with Gasteiger partial charge in [-0.2, -0.15) is 0 Å². The van der Waals surface area contributed by atoms with Crippen LogP contribution >= 0.6 is 23.2 Å². The number of fused-ring (bicyclic) bond motifs is 1. The van der Waals surface area contributed by atoms with E-state index < -0.39 is 5.82 Å². The molecule has 1 aromatic heterocycles. The maximum atomic E-state index is 14.3. The van der Waals surface area contributed by atoms with E-state index in [2.05, 4.69) is 4.98 Å². The van der Waals surface area contributed by atoms with E-state index in [9.17, 15) is 4.39 Å². The van der Waals surface area contributed by atoms with Gasteiger partial charge in [0.15, 0.2) is 0 Å². The molecule has 3 aromatic rings. The molecule has 21 heavy (non-hydrogen) atoms. The van der Waals surface area contributed by atoms with Crippen LogP contribution in [-0.4, -0.2) is 9.55 Å². The smallest absolute Gasteiger partial charge is 0.148 e. The first-order valence-electron chi connectivity index (χ1n) is 6.56. The van der Waals surface area contributed by atoms with Crippen LogP contribution in [0.4, 0.5) is 4.39 Å². The summed E-state index contributed by atoms with van der Waals surface area (Å²) in [5, 5.41) is 0.0178. The second-order valence-corrected chi connectivity index (χ2v) is 6.05. The highest BCUT2D eigenvalue weighted by Crippen LogP contribution is 2.31. The minimum atomic E-state index is -0.401. The standard InChI is InChI=1S/C16H13Cl2FN2/c1-9-4-3-5-14-15(9)20-16(10(2)17)21(14)13-7-6-11(18)8-12(13)19/h3-8,10H,1-2H3. The van der Waals surface area contributed by atoms with Crippen molar-refractivity contribution in [3.8, 4) is 5.69 Å². The molecule has 1 unspecified atom stereocenters. The third-order valence-electron chi connectivity index (χ3n) is 3.42. The summed E-state index contributed by atoms with van der Waals surface area (Å²) < 4.78 is 16.1. The van der Waals surface area contributed by atoms with Gasteiger partial charge in [-0.15, -0.1) is 11.6 Å². The molecule has 108 valence electrons. The van der Waals surface area contributed by atoms with Gasteiger partial charge in [0.05, 0.1) is 22.1 Å². The van der Waals surface area contributed by atoms with Gasteiger partial charge in [0.2, 0.25) is 0 Å². The van der Waals surface area contributed by atoms with Gasteiger partial charge in [0, 0.05) is 5.02 Å². The molecule has 0 aliphatic rings. The zero-order chi connectivity index (χ0) is 15.1. The number of aryl methyl sites for hydroxylation is 1. The minimum Gasteiger partial charge on any atom is -0.292 e. The van der Waals surface area contributed by atoms with E-state index in [4.69, 9.17) is 23.2 Å². The molecule has 2 nitrogen and oxygen atoms in total. The van der Waals surface area contributed by atoms with Gasteiger partial charge >= 0.3 is 0 Å². The molecule has 1 atom stereocenters. The van der Waals surface area contributed by atoms with E-state index >= 15 is 0 Å². The maximum absolute atomic E-state index is 14.3. The Morgan fingerprint density at radius 1 is 1.24 bits per heavy atom. The van der Waals surface area contributed by atoms with Crippen molar-refractivity contribution in [3.05, 3.63) is 58.6 Å². The first kappa shape index (κ1) is 14.4. The van der Waals surface area contributed by atoms with Gasteiger partial charge in [0.25, 0.3) is 0 Å². The lowest BCUT2D eigenvalue weighted by molar-refractivity contribution is 0.616. The van der Waals surface area contributed by atoms with Crippen LogP contribution in [-0.2, 0) is 0 Å². The van der Waals surface area contributed by atoms with E-state index in [0.29, 0.717) is 16.5 Å². The Labute approximate surface area is 132 Å². The van der Waals surface area contributed by atoms with Crippen LogP contribution in [0.2, 0.25) is 5.02 Å². The number of hydrogen-bond donors (Lipinski definition) is 0. The van der Waals surface area contributed by atoms with Crippen molar-refractivity contribution in [1.29, 1.82) is 0 Å². The first-order chi connectivity index (χ1) is 9.99. The molecular formula is C16H13Cl2FN2. The second-order valence-electron chi connectivity index (χ2n) is 4.96. The fraction of sp³-hybridized carbons (Fsp3) is 0.188. The van der Waals surface area contributed by atoms with Crippen LogP contribution < -0.4 is 0 Å². The zero-order valence-corrected chi connectivity index (χ0v) is 13.1. The van der Waals surface area contributed by atoms with Crippen molar-refractivity contribution < 1.29 is 4.39 Å². The Balaban J connectivity index is 2.39. The number of imidazole rings is 1. The van der Waals surface area contributed by atoms with Gasteiger partial charge in [-0.25, -0.2) is 9.37 Å². The number of aromatic nitrogens is 2. The average Bonchev–Trinajstić information content (AvgIpc) is 2.80. The summed E-state index contributed by atoms with van der Waals surface area (Å²) in [7, 11) is 0. The molecule has 3 rings (SSSR count). The predicted octanol–water partition coefficient (Wildman–Crippen LogP) is 5.43. The van der Waals surface area contributed by atoms with Crippen LogP contribution in [0.15, 0.2) is 36.4 Å². The van der Waals surface area contributed by atoms with Gasteiger partial charge in [-0.1, -0.05) is 23.7 Å². The predicted molar refractivity (Wildman–Crippen MR) is 85.0 cm³/mol. The fourth-order valence-electron chi connectivity index (χ4n) is 2.44. The molecule has 0 aliphatic heterocycles. The van der Waals surface area contributed by atoms with E-state index in [1.165, 1.54) is 6.07 Å². The number of nitrogens with zero attached hydrogens (tertiary/aromatic N) is 2. The van der Waals surface area contributed by atoms with Crippen LogP contribution in [0.1, 0.15) is 23.7 Å². The lowest BCUT2D eigenvalue weighted by atomic mass is 10.2. The molecule has 0 fully saturated rings. The first-order valence-corrected chi connectivity index (χ1v) is 7.38. The Hall–Kier alpha value is -1.58. The Bertz CT molecular complexity index is 825. The lowest BCUT2D eigenvalue weighted by Crippen LogP contribution is -2.04. The molecule has 0 radical (unpaired) electrons. The van der Waals surface area contributed by atoms with Crippen LogP contribution in [0.3, 0.4) is 0 Å². The van der Waals surface area contributed by atoms with E-state index in [1.54, 1.807) is 16.7 Å². The monoisotopic (exact) mass is 322 g/mol. The number of hydrogen-bond acceptors (Lipinski definition) is 1. The average molecular weight is 323 g/mol. The number of para-hydroxylation sites is 1. The highest BCUT2D eigenvalue weighted by Gasteiger charge is 2.19. The highest BCUT2D eigenvalue weighted by molar-refractivity contribution is 6.30. The normalized spacial score (nSPS) is 12.8. The zero-order valence-electron chi connectivity index (χ0n) is 11.6. The quantitative estimate of drug-likeness (QED) is 0.575. The van der Waals surface area contributed by atoms with Gasteiger partial charge < -0.3 is 0 Å². The summed E-state index contributed by atoms with van der Waals surface area (Å²) in [5.74, 6) is 0.212. The SMILES string of the molecule is Cc1cccc2c1nc(C(C)Cl)n2-c1ccc(Cl)cc1F. The molecule has 0 saturated heterocycles. The third kappa shape index (κ3) is 2.41. The molecule has 0 bridgehead atoms. The van der Waals surface area contributed by atoms with Crippen molar-refractivity contribution in [2.75, 3.05) is 0 Å². The summed E-state index contributed by atoms with van der Waals surface area (Å²) in [6, 6.07) is 10.4. The van der Waals surface area contributed by atoms with Crippen molar-refractivity contribution >= 4 is 34.2 Å². The summed E-state index contributed by atoms with van der Waals surface area (Å²) >= 11 is 12.1. The Kier molecular flexibility index (Phi) is 3.64. The van der Waals surface area contributed by atoms with Gasteiger partial charge in [-0.3, -0.25) is 4.57 Å². The maximum Gasteiger partial charge on any atom is 0.148 e. The molecule has 0 N–H and O–H groups in total. The van der Waals surface area contributed by atoms with E-state index in [-0.39, 0.29) is 5.38 Å². The molecule has 5 heteroatoms. The largest absolute Gasteiger partial charge is 0.292 e. The Morgan fingerprint density at radius 3 is 2.67 bits per heavy atom. The van der Waals surface area contributed by atoms with Gasteiger partial charge in [-0.05, 0) is 43.7 Å². The van der Waals surface area contributed by atoms with Crippen LogP contribution in [0.5, 0.6) is 0 Å². The summed E-state index contributed by atoms with van der Waals surface area (Å²) in [6.45, 7) is 3.79. The molecule has 1 heterocycles. The van der Waals surface area contributed by atoms with Crippen molar-refractivity contribution in [3.63, 3.8) is 0 Å². The number of alkyl halides is 1. The van der Waals surface area contributed by atoms with Crippen molar-refractivity contribution in [1.82, 2.24) is 9.55 Å². The van der Waals surface area contributed by atoms with E-state index in [0.717, 1.165) is 16.6 Å². The van der Waals surface area contributed by atoms with Crippen LogP contribution in [0.25, 0.3) is 16.7 Å². The minimum absolute atomic E-state index is 0.341. The fourth-order valence-corrected chi connectivity index (χ4v) is 2.75. The summed E-state index contributed by atoms with van der Waals surface area (Å²) in [6.07, 6.45) is 0. The van der Waals surface area contributed by atoms with Crippen LogP contribution in [0, 0.1) is 12.7 Å². The van der Waals surface area contributed by atoms with Crippen molar-refractivity contribution in [2.24, 2.45) is 0 Å². The lowest BCUT2D eigenvalue weighted by Gasteiger charge is -2.11. The topological polar surface area (TPSA) is 17.8 Å². The molecule has 0 spiro atoms. The summed E-state index contributed by atoms with van der Waals surface area (Å²) in [5.41, 5.74) is 3.09.